The van der Waals surface area contributed by atoms with Crippen molar-refractivity contribution in [2.75, 3.05) is 10.6 Å². The summed E-state index contributed by atoms with van der Waals surface area (Å²) in [6.07, 6.45) is 6.13. The molecule has 3 aromatic rings. The Bertz CT molecular complexity index is 758. The van der Waals surface area contributed by atoms with E-state index in [-0.39, 0.29) is 0 Å². The zero-order valence-corrected chi connectivity index (χ0v) is 13.0. The van der Waals surface area contributed by atoms with Crippen LogP contribution in [0.3, 0.4) is 0 Å². The van der Waals surface area contributed by atoms with E-state index in [2.05, 4.69) is 44.6 Å². The fraction of sp³-hybridized carbons (Fsp3) is 0.167. The van der Waals surface area contributed by atoms with E-state index in [1.165, 1.54) is 5.56 Å². The molecule has 0 saturated heterocycles. The summed E-state index contributed by atoms with van der Waals surface area (Å²) >= 11 is 0. The van der Waals surface area contributed by atoms with Crippen molar-refractivity contribution in [1.29, 1.82) is 0 Å². The minimum Gasteiger partial charge on any atom is -0.366 e. The second kappa shape index (κ2) is 7.35. The van der Waals surface area contributed by atoms with Crippen LogP contribution in [0.2, 0.25) is 0 Å². The summed E-state index contributed by atoms with van der Waals surface area (Å²) in [4.78, 5) is 12.7. The molecule has 23 heavy (non-hydrogen) atoms. The van der Waals surface area contributed by atoms with E-state index in [1.807, 2.05) is 36.5 Å². The van der Waals surface area contributed by atoms with Crippen molar-refractivity contribution in [3.63, 3.8) is 0 Å². The first-order chi connectivity index (χ1) is 11.3. The van der Waals surface area contributed by atoms with E-state index >= 15 is 0 Å². The molecule has 1 aromatic carbocycles. The first-order valence-corrected chi connectivity index (χ1v) is 7.65. The molecule has 0 saturated carbocycles. The van der Waals surface area contributed by atoms with Crippen molar-refractivity contribution in [2.45, 2.75) is 19.9 Å². The van der Waals surface area contributed by atoms with Gasteiger partial charge in [-0.1, -0.05) is 31.2 Å². The molecular formula is C18H19N5. The van der Waals surface area contributed by atoms with Crippen LogP contribution < -0.4 is 10.6 Å². The van der Waals surface area contributed by atoms with Crippen LogP contribution in [0, 0.1) is 0 Å². The molecule has 0 atom stereocenters. The number of nitrogens with one attached hydrogen (secondary N) is 2. The Balaban J connectivity index is 1.70. The number of pyridine rings is 1. The Morgan fingerprint density at radius 3 is 2.70 bits per heavy atom. The molecule has 0 aliphatic rings. The standard InChI is InChI=1S/C18H19N5/c1-2-15-7-3-4-8-16(15)23-18-10-17(21-13-22-18)20-12-14-6-5-9-19-11-14/h3-11,13H,2,12H2,1H3,(H2,20,21,22,23). The molecule has 0 unspecified atom stereocenters. The number of hydrogen-bond donors (Lipinski definition) is 2. The quantitative estimate of drug-likeness (QED) is 0.725. The van der Waals surface area contributed by atoms with Crippen LogP contribution in [0.25, 0.3) is 0 Å². The van der Waals surface area contributed by atoms with E-state index in [4.69, 9.17) is 0 Å². The number of anilines is 3. The molecule has 5 nitrogen and oxygen atoms in total. The SMILES string of the molecule is CCc1ccccc1Nc1cc(NCc2cccnc2)ncn1. The maximum Gasteiger partial charge on any atom is 0.135 e. The summed E-state index contributed by atoms with van der Waals surface area (Å²) in [6.45, 7) is 2.82. The highest BCUT2D eigenvalue weighted by atomic mass is 15.1. The second-order valence-electron chi connectivity index (χ2n) is 5.14. The average Bonchev–Trinajstić information content (AvgIpc) is 2.62. The summed E-state index contributed by atoms with van der Waals surface area (Å²) in [5, 5.41) is 6.64. The molecule has 2 heterocycles. The predicted octanol–water partition coefficient (Wildman–Crippen LogP) is 3.79. The first-order valence-electron chi connectivity index (χ1n) is 7.65. The van der Waals surface area contributed by atoms with Crippen molar-refractivity contribution in [3.8, 4) is 0 Å². The number of nitrogens with zero attached hydrogens (tertiary/aromatic N) is 3. The van der Waals surface area contributed by atoms with Gasteiger partial charge in [-0.3, -0.25) is 4.98 Å². The third-order valence-electron chi connectivity index (χ3n) is 3.52. The van der Waals surface area contributed by atoms with Crippen LogP contribution in [0.5, 0.6) is 0 Å². The highest BCUT2D eigenvalue weighted by Crippen LogP contribution is 2.21. The molecule has 5 heteroatoms. The van der Waals surface area contributed by atoms with E-state index in [0.717, 1.165) is 29.3 Å². The summed E-state index contributed by atoms with van der Waals surface area (Å²) in [6, 6.07) is 14.1. The number of rotatable bonds is 6. The van der Waals surface area contributed by atoms with Crippen molar-refractivity contribution in [3.05, 3.63) is 72.3 Å². The molecule has 116 valence electrons. The van der Waals surface area contributed by atoms with Gasteiger partial charge in [0.2, 0.25) is 0 Å². The van der Waals surface area contributed by atoms with Gasteiger partial charge in [-0.15, -0.1) is 0 Å². The average molecular weight is 305 g/mol. The molecule has 0 radical (unpaired) electrons. The molecule has 0 fully saturated rings. The predicted molar refractivity (Wildman–Crippen MR) is 92.7 cm³/mol. The molecule has 0 amide bonds. The number of para-hydroxylation sites is 1. The lowest BCUT2D eigenvalue weighted by molar-refractivity contribution is 1.06. The monoisotopic (exact) mass is 305 g/mol. The largest absolute Gasteiger partial charge is 0.366 e. The fourth-order valence-corrected chi connectivity index (χ4v) is 2.31. The van der Waals surface area contributed by atoms with Crippen LogP contribution >= 0.6 is 0 Å². The van der Waals surface area contributed by atoms with Gasteiger partial charge in [0.25, 0.3) is 0 Å². The van der Waals surface area contributed by atoms with Gasteiger partial charge < -0.3 is 10.6 Å². The zero-order valence-electron chi connectivity index (χ0n) is 13.0. The fourth-order valence-electron chi connectivity index (χ4n) is 2.31. The topological polar surface area (TPSA) is 62.7 Å². The Hall–Kier alpha value is -2.95. The van der Waals surface area contributed by atoms with Gasteiger partial charge in [0.05, 0.1) is 0 Å². The Kier molecular flexibility index (Phi) is 4.79. The van der Waals surface area contributed by atoms with Crippen molar-refractivity contribution >= 4 is 17.3 Å². The number of benzene rings is 1. The van der Waals surface area contributed by atoms with Crippen LogP contribution in [-0.4, -0.2) is 15.0 Å². The highest BCUT2D eigenvalue weighted by Gasteiger charge is 2.03. The minimum atomic E-state index is 0.676. The lowest BCUT2D eigenvalue weighted by Crippen LogP contribution is -2.03. The lowest BCUT2D eigenvalue weighted by atomic mass is 10.1. The summed E-state index contributed by atoms with van der Waals surface area (Å²) in [5.74, 6) is 1.55. The molecule has 3 rings (SSSR count). The molecule has 0 spiro atoms. The van der Waals surface area contributed by atoms with E-state index in [1.54, 1.807) is 12.5 Å². The number of aryl methyl sites for hydroxylation is 1. The molecule has 0 aliphatic heterocycles. The number of hydrogen-bond acceptors (Lipinski definition) is 5. The van der Waals surface area contributed by atoms with Crippen molar-refractivity contribution in [2.24, 2.45) is 0 Å². The van der Waals surface area contributed by atoms with Gasteiger partial charge in [-0.05, 0) is 29.7 Å². The highest BCUT2D eigenvalue weighted by molar-refractivity contribution is 5.62. The Morgan fingerprint density at radius 2 is 1.87 bits per heavy atom. The molecule has 0 aliphatic carbocycles. The molecule has 0 bridgehead atoms. The Morgan fingerprint density at radius 1 is 1.00 bits per heavy atom. The van der Waals surface area contributed by atoms with Crippen LogP contribution in [0.4, 0.5) is 17.3 Å². The molecule has 2 N–H and O–H groups in total. The normalized spacial score (nSPS) is 10.3. The molecular weight excluding hydrogens is 286 g/mol. The van der Waals surface area contributed by atoms with Gasteiger partial charge in [0.15, 0.2) is 0 Å². The van der Waals surface area contributed by atoms with E-state index < -0.39 is 0 Å². The van der Waals surface area contributed by atoms with Gasteiger partial charge >= 0.3 is 0 Å². The van der Waals surface area contributed by atoms with Gasteiger partial charge in [-0.25, -0.2) is 9.97 Å². The lowest BCUT2D eigenvalue weighted by Gasteiger charge is -2.11. The minimum absolute atomic E-state index is 0.676. The zero-order chi connectivity index (χ0) is 15.9. The molecule has 2 aromatic heterocycles. The third-order valence-corrected chi connectivity index (χ3v) is 3.52. The second-order valence-corrected chi connectivity index (χ2v) is 5.14. The van der Waals surface area contributed by atoms with Gasteiger partial charge in [-0.2, -0.15) is 0 Å². The first kappa shape index (κ1) is 15.0. The van der Waals surface area contributed by atoms with E-state index in [0.29, 0.717) is 6.54 Å². The Labute approximate surface area is 135 Å². The summed E-state index contributed by atoms with van der Waals surface area (Å²) in [5.41, 5.74) is 3.44. The van der Waals surface area contributed by atoms with Gasteiger partial charge in [0, 0.05) is 30.7 Å². The van der Waals surface area contributed by atoms with Crippen LogP contribution in [0.1, 0.15) is 18.1 Å². The van der Waals surface area contributed by atoms with Crippen molar-refractivity contribution < 1.29 is 0 Å². The smallest absolute Gasteiger partial charge is 0.135 e. The van der Waals surface area contributed by atoms with Gasteiger partial charge in [0.1, 0.15) is 18.0 Å². The van der Waals surface area contributed by atoms with E-state index in [9.17, 15) is 0 Å². The van der Waals surface area contributed by atoms with Crippen molar-refractivity contribution in [1.82, 2.24) is 15.0 Å². The van der Waals surface area contributed by atoms with Crippen LogP contribution in [-0.2, 0) is 13.0 Å². The summed E-state index contributed by atoms with van der Waals surface area (Å²) in [7, 11) is 0. The summed E-state index contributed by atoms with van der Waals surface area (Å²) < 4.78 is 0. The number of aromatic nitrogens is 3. The maximum atomic E-state index is 4.29. The third kappa shape index (κ3) is 4.03. The maximum absolute atomic E-state index is 4.29. The van der Waals surface area contributed by atoms with Crippen LogP contribution in [0.15, 0.2) is 61.2 Å².